The summed E-state index contributed by atoms with van der Waals surface area (Å²) in [6.07, 6.45) is 0. The molecule has 0 fully saturated rings. The van der Waals surface area contributed by atoms with Crippen molar-refractivity contribution in [3.8, 4) is 5.75 Å². The normalized spacial score (nSPS) is 10.8. The standard InChI is InChI=1S/C24H29N3O3/c1-5-26(6-2)24(29)27(15-18-9-7-8-10-22(18)30-4)16-20-14-19-13-17(3)11-12-21(19)25-23(20)28/h7-14H,5-6,15-16H2,1-4H3,(H,25,28). The molecule has 0 bridgehead atoms. The number of methoxy groups -OCH3 is 1. The van der Waals surface area contributed by atoms with E-state index < -0.39 is 0 Å². The van der Waals surface area contributed by atoms with E-state index in [1.54, 1.807) is 16.9 Å². The highest BCUT2D eigenvalue weighted by Gasteiger charge is 2.22. The van der Waals surface area contributed by atoms with E-state index in [9.17, 15) is 9.59 Å². The monoisotopic (exact) mass is 407 g/mol. The van der Waals surface area contributed by atoms with Crippen LogP contribution in [0.4, 0.5) is 4.79 Å². The molecule has 1 heterocycles. The summed E-state index contributed by atoms with van der Waals surface area (Å²) >= 11 is 0. The maximum atomic E-state index is 13.2. The summed E-state index contributed by atoms with van der Waals surface area (Å²) in [6.45, 7) is 7.69. The number of ether oxygens (including phenoxy) is 1. The third-order valence-corrected chi connectivity index (χ3v) is 5.30. The van der Waals surface area contributed by atoms with E-state index in [-0.39, 0.29) is 18.1 Å². The molecule has 0 atom stereocenters. The van der Waals surface area contributed by atoms with Gasteiger partial charge in [0, 0.05) is 29.7 Å². The number of hydrogen-bond donors (Lipinski definition) is 1. The third-order valence-electron chi connectivity index (χ3n) is 5.30. The number of nitrogens with one attached hydrogen (secondary N) is 1. The van der Waals surface area contributed by atoms with Crippen LogP contribution in [0.5, 0.6) is 5.75 Å². The summed E-state index contributed by atoms with van der Waals surface area (Å²) in [5, 5.41) is 0.956. The Bertz CT molecular complexity index is 1090. The predicted octanol–water partition coefficient (Wildman–Crippen LogP) is 4.31. The second-order valence-electron chi connectivity index (χ2n) is 7.34. The van der Waals surface area contributed by atoms with Gasteiger partial charge in [-0.05, 0) is 50.4 Å². The van der Waals surface area contributed by atoms with Gasteiger partial charge in [0.25, 0.3) is 5.56 Å². The Morgan fingerprint density at radius 3 is 2.37 bits per heavy atom. The highest BCUT2D eigenvalue weighted by Crippen LogP contribution is 2.22. The van der Waals surface area contributed by atoms with E-state index in [2.05, 4.69) is 4.98 Å². The molecule has 0 aliphatic carbocycles. The number of pyridine rings is 1. The summed E-state index contributed by atoms with van der Waals surface area (Å²) < 4.78 is 5.46. The number of aromatic amines is 1. The molecule has 3 aromatic rings. The number of para-hydroxylation sites is 1. The molecule has 0 spiro atoms. The fourth-order valence-electron chi connectivity index (χ4n) is 3.62. The average molecular weight is 408 g/mol. The Hall–Kier alpha value is -3.28. The van der Waals surface area contributed by atoms with Gasteiger partial charge < -0.3 is 19.5 Å². The maximum Gasteiger partial charge on any atom is 0.320 e. The van der Waals surface area contributed by atoms with Crippen LogP contribution in [0.3, 0.4) is 0 Å². The average Bonchev–Trinajstić information content (AvgIpc) is 2.75. The summed E-state index contributed by atoms with van der Waals surface area (Å²) in [4.78, 5) is 32.4. The van der Waals surface area contributed by atoms with Gasteiger partial charge in [-0.15, -0.1) is 0 Å². The second kappa shape index (κ2) is 9.48. The van der Waals surface area contributed by atoms with Crippen LogP contribution in [0, 0.1) is 6.92 Å². The second-order valence-corrected chi connectivity index (χ2v) is 7.34. The topological polar surface area (TPSA) is 65.6 Å². The lowest BCUT2D eigenvalue weighted by Crippen LogP contribution is -2.43. The smallest absolute Gasteiger partial charge is 0.320 e. The van der Waals surface area contributed by atoms with Gasteiger partial charge in [0.1, 0.15) is 5.75 Å². The first kappa shape index (κ1) is 21.4. The summed E-state index contributed by atoms with van der Waals surface area (Å²) in [5.74, 6) is 0.720. The molecule has 2 aromatic carbocycles. The molecule has 0 saturated heterocycles. The zero-order valence-corrected chi connectivity index (χ0v) is 18.1. The van der Waals surface area contributed by atoms with Crippen LogP contribution >= 0.6 is 0 Å². The molecule has 0 aliphatic rings. The molecular weight excluding hydrogens is 378 g/mol. The number of aryl methyl sites for hydroxylation is 1. The van der Waals surface area contributed by atoms with E-state index in [1.165, 1.54) is 0 Å². The third kappa shape index (κ3) is 4.64. The van der Waals surface area contributed by atoms with Crippen molar-refractivity contribution >= 4 is 16.9 Å². The van der Waals surface area contributed by atoms with Crippen molar-refractivity contribution in [2.45, 2.75) is 33.9 Å². The number of urea groups is 1. The van der Waals surface area contributed by atoms with Gasteiger partial charge in [0.05, 0.1) is 20.2 Å². The molecule has 0 radical (unpaired) electrons. The van der Waals surface area contributed by atoms with Crippen molar-refractivity contribution in [3.05, 3.63) is 75.6 Å². The number of benzene rings is 2. The van der Waals surface area contributed by atoms with Crippen molar-refractivity contribution in [2.24, 2.45) is 0 Å². The zero-order chi connectivity index (χ0) is 21.7. The maximum absolute atomic E-state index is 13.2. The van der Waals surface area contributed by atoms with E-state index in [4.69, 9.17) is 4.74 Å². The Morgan fingerprint density at radius 1 is 0.967 bits per heavy atom. The highest BCUT2D eigenvalue weighted by atomic mass is 16.5. The van der Waals surface area contributed by atoms with Gasteiger partial charge in [0.2, 0.25) is 0 Å². The number of amides is 2. The summed E-state index contributed by atoms with van der Waals surface area (Å²) in [5.41, 5.74) is 3.19. The number of fused-ring (bicyclic) bond motifs is 1. The molecule has 30 heavy (non-hydrogen) atoms. The van der Waals surface area contributed by atoms with Gasteiger partial charge >= 0.3 is 6.03 Å². The van der Waals surface area contributed by atoms with E-state index in [0.29, 0.717) is 25.2 Å². The molecule has 6 nitrogen and oxygen atoms in total. The molecular formula is C24H29N3O3. The number of rotatable bonds is 7. The van der Waals surface area contributed by atoms with Gasteiger partial charge in [-0.1, -0.05) is 29.8 Å². The zero-order valence-electron chi connectivity index (χ0n) is 18.1. The SMILES string of the molecule is CCN(CC)C(=O)N(Cc1ccccc1OC)Cc1cc2cc(C)ccc2[nH]c1=O. The van der Waals surface area contributed by atoms with Gasteiger partial charge in [-0.2, -0.15) is 0 Å². The van der Waals surface area contributed by atoms with Crippen molar-refractivity contribution in [3.63, 3.8) is 0 Å². The molecule has 1 aromatic heterocycles. The number of H-pyrrole nitrogens is 1. The van der Waals surface area contributed by atoms with Crippen LogP contribution in [-0.2, 0) is 13.1 Å². The lowest BCUT2D eigenvalue weighted by molar-refractivity contribution is 0.151. The van der Waals surface area contributed by atoms with E-state index in [1.807, 2.05) is 69.3 Å². The Balaban J connectivity index is 1.99. The number of carbonyl (C=O) groups excluding carboxylic acids is 1. The minimum Gasteiger partial charge on any atom is -0.496 e. The van der Waals surface area contributed by atoms with Crippen molar-refractivity contribution in [1.29, 1.82) is 0 Å². The number of hydrogen-bond acceptors (Lipinski definition) is 3. The van der Waals surface area contributed by atoms with Crippen LogP contribution < -0.4 is 10.3 Å². The van der Waals surface area contributed by atoms with Crippen molar-refractivity contribution in [1.82, 2.24) is 14.8 Å². The minimum absolute atomic E-state index is 0.102. The Labute approximate surface area is 177 Å². The summed E-state index contributed by atoms with van der Waals surface area (Å²) in [7, 11) is 1.62. The number of aromatic nitrogens is 1. The lowest BCUT2D eigenvalue weighted by Gasteiger charge is -2.30. The quantitative estimate of drug-likeness (QED) is 0.635. The van der Waals surface area contributed by atoms with E-state index >= 15 is 0 Å². The fourth-order valence-corrected chi connectivity index (χ4v) is 3.62. The Kier molecular flexibility index (Phi) is 6.77. The molecule has 0 aliphatic heterocycles. The molecule has 0 unspecified atom stereocenters. The molecule has 2 amide bonds. The molecule has 158 valence electrons. The number of nitrogens with zero attached hydrogens (tertiary/aromatic N) is 2. The van der Waals surface area contributed by atoms with Crippen LogP contribution in [0.15, 0.2) is 53.3 Å². The Morgan fingerprint density at radius 2 is 1.67 bits per heavy atom. The predicted molar refractivity (Wildman–Crippen MR) is 120 cm³/mol. The van der Waals surface area contributed by atoms with Crippen LogP contribution in [0.25, 0.3) is 10.9 Å². The molecule has 1 N–H and O–H groups in total. The number of carbonyl (C=O) groups is 1. The van der Waals surface area contributed by atoms with E-state index in [0.717, 1.165) is 27.8 Å². The van der Waals surface area contributed by atoms with Crippen molar-refractivity contribution in [2.75, 3.05) is 20.2 Å². The lowest BCUT2D eigenvalue weighted by atomic mass is 10.1. The first-order chi connectivity index (χ1) is 14.5. The first-order valence-corrected chi connectivity index (χ1v) is 10.2. The van der Waals surface area contributed by atoms with Crippen LogP contribution in [0.1, 0.15) is 30.5 Å². The highest BCUT2D eigenvalue weighted by molar-refractivity contribution is 5.80. The molecule has 6 heteroatoms. The molecule has 0 saturated carbocycles. The van der Waals surface area contributed by atoms with Gasteiger partial charge in [-0.3, -0.25) is 4.79 Å². The minimum atomic E-state index is -0.177. The molecule has 3 rings (SSSR count). The van der Waals surface area contributed by atoms with Crippen molar-refractivity contribution < 1.29 is 9.53 Å². The van der Waals surface area contributed by atoms with Gasteiger partial charge in [-0.25, -0.2) is 4.79 Å². The summed E-state index contributed by atoms with van der Waals surface area (Å²) in [6, 6.07) is 15.3. The van der Waals surface area contributed by atoms with Crippen LogP contribution in [-0.4, -0.2) is 41.0 Å². The van der Waals surface area contributed by atoms with Gasteiger partial charge in [0.15, 0.2) is 0 Å². The largest absolute Gasteiger partial charge is 0.496 e. The van der Waals surface area contributed by atoms with Crippen LogP contribution in [0.2, 0.25) is 0 Å². The first-order valence-electron chi connectivity index (χ1n) is 10.2. The fraction of sp³-hybridized carbons (Fsp3) is 0.333.